The third kappa shape index (κ3) is 2.94. The summed E-state index contributed by atoms with van der Waals surface area (Å²) in [7, 11) is 0. The molecular formula is C26H25FN2O5. The second kappa shape index (κ2) is 8.06. The van der Waals surface area contributed by atoms with Gasteiger partial charge >= 0.3 is 0 Å². The fourth-order valence-electron chi connectivity index (χ4n) is 5.31. The summed E-state index contributed by atoms with van der Waals surface area (Å²) in [5.41, 5.74) is -0.795. The minimum absolute atomic E-state index is 0.0258. The number of hydrogen-bond donors (Lipinski definition) is 1. The molecule has 0 bridgehead atoms. The van der Waals surface area contributed by atoms with Crippen molar-refractivity contribution >= 4 is 29.0 Å². The number of ether oxygens (including phenoxy) is 1. The van der Waals surface area contributed by atoms with Crippen LogP contribution in [0.25, 0.3) is 5.76 Å². The molecule has 0 saturated carbocycles. The van der Waals surface area contributed by atoms with E-state index in [2.05, 4.69) is 0 Å². The first-order chi connectivity index (χ1) is 16.3. The third-order valence-electron chi connectivity index (χ3n) is 6.98. The zero-order chi connectivity index (χ0) is 24.2. The van der Waals surface area contributed by atoms with Crippen LogP contribution in [0.5, 0.6) is 0 Å². The number of fused-ring (bicyclic) bond motifs is 2. The van der Waals surface area contributed by atoms with Crippen LogP contribution in [0, 0.1) is 12.7 Å². The Labute approximate surface area is 196 Å². The Bertz CT molecular complexity index is 1250. The van der Waals surface area contributed by atoms with Crippen LogP contribution in [-0.4, -0.2) is 53.4 Å². The number of para-hydroxylation sites is 1. The first-order valence-corrected chi connectivity index (χ1v) is 11.4. The number of carbonyl (C=O) groups excluding carboxylic acids is 3. The van der Waals surface area contributed by atoms with Crippen molar-refractivity contribution < 1.29 is 28.6 Å². The number of hydrogen-bond acceptors (Lipinski definition) is 5. The number of aliphatic hydroxyl groups is 1. The number of Topliss-reactive ketones (excluding diaryl/α,β-unsaturated/α-hetero) is 1. The van der Waals surface area contributed by atoms with E-state index in [-0.39, 0.29) is 23.8 Å². The summed E-state index contributed by atoms with van der Waals surface area (Å²) in [6.07, 6.45) is 1.17. The predicted octanol–water partition coefficient (Wildman–Crippen LogP) is 3.26. The van der Waals surface area contributed by atoms with E-state index >= 15 is 0 Å². The van der Waals surface area contributed by atoms with Gasteiger partial charge in [0.05, 0.1) is 17.4 Å². The van der Waals surface area contributed by atoms with Gasteiger partial charge in [-0.25, -0.2) is 4.39 Å². The van der Waals surface area contributed by atoms with Gasteiger partial charge in [-0.1, -0.05) is 30.3 Å². The average molecular weight is 464 g/mol. The lowest BCUT2D eigenvalue weighted by Gasteiger charge is -2.35. The first kappa shape index (κ1) is 22.3. The Morgan fingerprint density at radius 1 is 1.21 bits per heavy atom. The van der Waals surface area contributed by atoms with Gasteiger partial charge in [-0.05, 0) is 44.4 Å². The van der Waals surface area contributed by atoms with Gasteiger partial charge in [-0.2, -0.15) is 0 Å². The van der Waals surface area contributed by atoms with Crippen molar-refractivity contribution in [1.29, 1.82) is 0 Å². The second-order valence-corrected chi connectivity index (χ2v) is 8.84. The maximum Gasteiger partial charge on any atom is 0.296 e. The van der Waals surface area contributed by atoms with Crippen LogP contribution < -0.4 is 4.90 Å². The van der Waals surface area contributed by atoms with Crippen molar-refractivity contribution in [2.24, 2.45) is 0 Å². The molecule has 1 spiro atoms. The van der Waals surface area contributed by atoms with Gasteiger partial charge in [-0.3, -0.25) is 14.4 Å². The van der Waals surface area contributed by atoms with E-state index in [9.17, 15) is 23.9 Å². The van der Waals surface area contributed by atoms with E-state index in [0.717, 1.165) is 12.5 Å². The number of anilines is 1. The summed E-state index contributed by atoms with van der Waals surface area (Å²) in [5.74, 6) is -3.50. The molecule has 3 aliphatic heterocycles. The Morgan fingerprint density at radius 2 is 1.97 bits per heavy atom. The van der Waals surface area contributed by atoms with Crippen LogP contribution in [0.4, 0.5) is 10.1 Å². The molecule has 2 unspecified atom stereocenters. The van der Waals surface area contributed by atoms with Gasteiger partial charge in [0.1, 0.15) is 11.6 Å². The quantitative estimate of drug-likeness (QED) is 0.426. The lowest BCUT2D eigenvalue weighted by molar-refractivity contribution is -0.145. The highest BCUT2D eigenvalue weighted by atomic mass is 19.1. The van der Waals surface area contributed by atoms with Crippen molar-refractivity contribution in [3.8, 4) is 0 Å². The maximum atomic E-state index is 14.4. The summed E-state index contributed by atoms with van der Waals surface area (Å²) in [6.45, 7) is 4.25. The molecule has 5 rings (SSSR count). The molecule has 2 atom stereocenters. The predicted molar refractivity (Wildman–Crippen MR) is 123 cm³/mol. The molecule has 2 saturated heterocycles. The fraction of sp³-hybridized carbons (Fsp3) is 0.346. The number of halogens is 1. The number of ketones is 1. The molecular weight excluding hydrogens is 439 g/mol. The fourth-order valence-corrected chi connectivity index (χ4v) is 5.31. The molecule has 8 heteroatoms. The molecule has 2 aromatic carbocycles. The monoisotopic (exact) mass is 464 g/mol. The highest BCUT2D eigenvalue weighted by molar-refractivity contribution is 6.50. The number of likely N-dealkylation sites (tertiary alicyclic amines) is 1. The SMILES string of the molecule is CCN1C(=O)C2(/C(=C(\O)c3ccc(C)c(F)c3)C(=O)C(=O)N2CC2CCCO2)c2ccccc21. The maximum absolute atomic E-state index is 14.4. The normalized spacial score (nSPS) is 25.6. The number of benzene rings is 2. The lowest BCUT2D eigenvalue weighted by atomic mass is 9.81. The summed E-state index contributed by atoms with van der Waals surface area (Å²) in [6, 6.07) is 11.0. The summed E-state index contributed by atoms with van der Waals surface area (Å²) in [4.78, 5) is 43.7. The molecule has 2 aromatic rings. The molecule has 0 radical (unpaired) electrons. The zero-order valence-electron chi connectivity index (χ0n) is 19.0. The van der Waals surface area contributed by atoms with Gasteiger partial charge < -0.3 is 19.6 Å². The van der Waals surface area contributed by atoms with Gasteiger partial charge in [0, 0.05) is 30.8 Å². The van der Waals surface area contributed by atoms with E-state index in [1.54, 1.807) is 38.1 Å². The molecule has 2 amide bonds. The molecule has 0 aliphatic carbocycles. The van der Waals surface area contributed by atoms with Crippen molar-refractivity contribution in [2.75, 3.05) is 24.6 Å². The van der Waals surface area contributed by atoms with Crippen molar-refractivity contribution in [2.45, 2.75) is 38.3 Å². The first-order valence-electron chi connectivity index (χ1n) is 11.4. The molecule has 1 N–H and O–H groups in total. The van der Waals surface area contributed by atoms with Crippen molar-refractivity contribution in [1.82, 2.24) is 4.90 Å². The molecule has 34 heavy (non-hydrogen) atoms. The van der Waals surface area contributed by atoms with Crippen LogP contribution in [0.3, 0.4) is 0 Å². The Balaban J connectivity index is 1.80. The van der Waals surface area contributed by atoms with Crippen LogP contribution in [0.1, 0.15) is 36.5 Å². The summed E-state index contributed by atoms with van der Waals surface area (Å²) >= 11 is 0. The number of likely N-dealkylation sites (N-methyl/N-ethyl adjacent to an activating group) is 1. The average Bonchev–Trinajstić information content (AvgIpc) is 3.49. The summed E-state index contributed by atoms with van der Waals surface area (Å²) in [5, 5.41) is 11.3. The van der Waals surface area contributed by atoms with Crippen LogP contribution >= 0.6 is 0 Å². The standard InChI is InChI=1S/C26H25FN2O5/c1-3-28-20-9-5-4-8-18(20)26(25(28)33)21(22(30)16-11-10-15(2)19(27)13-16)23(31)24(32)29(26)14-17-7-6-12-34-17/h4-5,8-11,13,17,30H,3,6-7,12,14H2,1-2H3/b22-21-. The lowest BCUT2D eigenvalue weighted by Crippen LogP contribution is -2.53. The Morgan fingerprint density at radius 3 is 2.65 bits per heavy atom. The Hall–Kier alpha value is -3.52. The number of aryl methyl sites for hydroxylation is 1. The van der Waals surface area contributed by atoms with E-state index in [1.165, 1.54) is 21.9 Å². The number of carbonyl (C=O) groups is 3. The van der Waals surface area contributed by atoms with Crippen molar-refractivity contribution in [3.63, 3.8) is 0 Å². The number of aliphatic hydroxyl groups excluding tert-OH is 1. The van der Waals surface area contributed by atoms with Gasteiger partial charge in [0.2, 0.25) is 0 Å². The van der Waals surface area contributed by atoms with E-state index in [4.69, 9.17) is 4.74 Å². The van der Waals surface area contributed by atoms with Crippen LogP contribution in [-0.2, 0) is 24.7 Å². The smallest absolute Gasteiger partial charge is 0.296 e. The molecule has 176 valence electrons. The van der Waals surface area contributed by atoms with E-state index < -0.39 is 34.7 Å². The topological polar surface area (TPSA) is 87.2 Å². The Kier molecular flexibility index (Phi) is 5.28. The third-order valence-corrected chi connectivity index (χ3v) is 6.98. The number of rotatable bonds is 4. The highest BCUT2D eigenvalue weighted by Gasteiger charge is 2.67. The van der Waals surface area contributed by atoms with Gasteiger partial charge in [0.25, 0.3) is 17.6 Å². The van der Waals surface area contributed by atoms with Gasteiger partial charge in [-0.15, -0.1) is 0 Å². The zero-order valence-corrected chi connectivity index (χ0v) is 19.0. The molecule has 7 nitrogen and oxygen atoms in total. The van der Waals surface area contributed by atoms with Crippen LogP contribution in [0.15, 0.2) is 48.0 Å². The number of nitrogens with zero attached hydrogens (tertiary/aromatic N) is 2. The van der Waals surface area contributed by atoms with Crippen LogP contribution in [0.2, 0.25) is 0 Å². The minimum Gasteiger partial charge on any atom is -0.507 e. The second-order valence-electron chi connectivity index (χ2n) is 8.84. The highest BCUT2D eigenvalue weighted by Crippen LogP contribution is 2.53. The van der Waals surface area contributed by atoms with E-state index in [1.807, 2.05) is 0 Å². The summed E-state index contributed by atoms with van der Waals surface area (Å²) < 4.78 is 20.1. The number of amides is 2. The minimum atomic E-state index is -1.85. The van der Waals surface area contributed by atoms with Gasteiger partial charge in [0.15, 0.2) is 5.54 Å². The molecule has 3 heterocycles. The van der Waals surface area contributed by atoms with Crippen molar-refractivity contribution in [3.05, 3.63) is 70.5 Å². The van der Waals surface area contributed by atoms with E-state index in [0.29, 0.717) is 36.4 Å². The largest absolute Gasteiger partial charge is 0.507 e. The molecule has 2 fully saturated rings. The molecule has 0 aromatic heterocycles. The molecule has 3 aliphatic rings.